The van der Waals surface area contributed by atoms with E-state index in [0.717, 1.165) is 18.6 Å². The van der Waals surface area contributed by atoms with Crippen molar-refractivity contribution < 1.29 is 9.53 Å². The first kappa shape index (κ1) is 14.7. The van der Waals surface area contributed by atoms with Gasteiger partial charge in [-0.15, -0.1) is 0 Å². The second-order valence-corrected chi connectivity index (χ2v) is 5.40. The van der Waals surface area contributed by atoms with Crippen LogP contribution in [0.3, 0.4) is 0 Å². The zero-order valence-corrected chi connectivity index (χ0v) is 12.2. The van der Waals surface area contributed by atoms with Crippen molar-refractivity contribution in [2.75, 3.05) is 13.2 Å². The maximum Gasteiger partial charge on any atom is 0.315 e. The average Bonchev–Trinajstić information content (AvgIpc) is 2.46. The summed E-state index contributed by atoms with van der Waals surface area (Å²) in [4.78, 5) is 11.7. The molecular weight excluding hydrogens is 252 g/mol. The SMILES string of the molecule is Cc1ccc(OCCNC(=O)NC2CCCCC2)cc1. The van der Waals surface area contributed by atoms with Crippen molar-refractivity contribution in [1.29, 1.82) is 0 Å². The fraction of sp³-hybridized carbons (Fsp3) is 0.562. The maximum absolute atomic E-state index is 11.7. The minimum absolute atomic E-state index is 0.0793. The van der Waals surface area contributed by atoms with E-state index in [1.54, 1.807) is 0 Å². The molecule has 0 spiro atoms. The highest BCUT2D eigenvalue weighted by Crippen LogP contribution is 2.17. The summed E-state index contributed by atoms with van der Waals surface area (Å²) in [5, 5.41) is 5.86. The number of amides is 2. The van der Waals surface area contributed by atoms with Gasteiger partial charge < -0.3 is 15.4 Å². The molecule has 0 aromatic heterocycles. The van der Waals surface area contributed by atoms with Crippen LogP contribution in [0.15, 0.2) is 24.3 Å². The van der Waals surface area contributed by atoms with Crippen molar-refractivity contribution in [1.82, 2.24) is 10.6 Å². The standard InChI is InChI=1S/C16H24N2O2/c1-13-7-9-15(10-8-13)20-12-11-17-16(19)18-14-5-3-2-4-6-14/h7-10,14H,2-6,11-12H2,1H3,(H2,17,18,19). The lowest BCUT2D eigenvalue weighted by Crippen LogP contribution is -2.44. The van der Waals surface area contributed by atoms with Crippen molar-refractivity contribution in [2.45, 2.75) is 45.1 Å². The molecule has 1 aliphatic rings. The van der Waals surface area contributed by atoms with Gasteiger partial charge in [0.05, 0.1) is 6.54 Å². The summed E-state index contributed by atoms with van der Waals surface area (Å²) >= 11 is 0. The van der Waals surface area contributed by atoms with E-state index in [2.05, 4.69) is 10.6 Å². The number of urea groups is 1. The Balaban J connectivity index is 1.58. The third-order valence-corrected chi connectivity index (χ3v) is 3.62. The molecule has 0 radical (unpaired) electrons. The molecule has 0 bridgehead atoms. The highest BCUT2D eigenvalue weighted by Gasteiger charge is 2.14. The molecule has 0 heterocycles. The zero-order chi connectivity index (χ0) is 14.2. The number of benzene rings is 1. The molecule has 1 saturated carbocycles. The Morgan fingerprint density at radius 3 is 2.60 bits per heavy atom. The molecule has 0 atom stereocenters. The molecule has 1 fully saturated rings. The first-order valence-electron chi connectivity index (χ1n) is 7.48. The van der Waals surface area contributed by atoms with Gasteiger partial charge >= 0.3 is 6.03 Å². The predicted molar refractivity (Wildman–Crippen MR) is 80.1 cm³/mol. The van der Waals surface area contributed by atoms with Crippen molar-refractivity contribution in [2.24, 2.45) is 0 Å². The van der Waals surface area contributed by atoms with E-state index in [9.17, 15) is 4.79 Å². The van der Waals surface area contributed by atoms with Gasteiger partial charge in [0.2, 0.25) is 0 Å². The maximum atomic E-state index is 11.7. The summed E-state index contributed by atoms with van der Waals surface area (Å²) in [7, 11) is 0. The number of rotatable bonds is 5. The van der Waals surface area contributed by atoms with E-state index in [1.165, 1.54) is 24.8 Å². The van der Waals surface area contributed by atoms with Gasteiger partial charge in [-0.05, 0) is 31.9 Å². The second-order valence-electron chi connectivity index (χ2n) is 5.40. The summed E-state index contributed by atoms with van der Waals surface area (Å²) in [6.07, 6.45) is 5.95. The molecule has 0 aliphatic heterocycles. The first-order chi connectivity index (χ1) is 9.74. The first-order valence-corrected chi connectivity index (χ1v) is 7.48. The Kier molecular flexibility index (Phi) is 5.71. The highest BCUT2D eigenvalue weighted by molar-refractivity contribution is 5.74. The van der Waals surface area contributed by atoms with Crippen LogP contribution < -0.4 is 15.4 Å². The molecule has 2 N–H and O–H groups in total. The van der Waals surface area contributed by atoms with Gasteiger partial charge in [0.25, 0.3) is 0 Å². The van der Waals surface area contributed by atoms with Gasteiger partial charge in [-0.3, -0.25) is 0 Å². The zero-order valence-electron chi connectivity index (χ0n) is 12.2. The third kappa shape index (κ3) is 5.11. The fourth-order valence-electron chi connectivity index (χ4n) is 2.45. The summed E-state index contributed by atoms with van der Waals surface area (Å²) in [5.74, 6) is 0.838. The molecule has 0 unspecified atom stereocenters. The molecular formula is C16H24N2O2. The van der Waals surface area contributed by atoms with E-state index < -0.39 is 0 Å². The number of ether oxygens (including phenoxy) is 1. The number of carbonyl (C=O) groups is 1. The molecule has 2 amide bonds. The van der Waals surface area contributed by atoms with Gasteiger partial charge in [0, 0.05) is 6.04 Å². The normalized spacial score (nSPS) is 15.7. The summed E-state index contributed by atoms with van der Waals surface area (Å²) in [6.45, 7) is 3.05. The monoisotopic (exact) mass is 276 g/mol. The molecule has 1 aliphatic carbocycles. The number of hydrogen-bond acceptors (Lipinski definition) is 2. The van der Waals surface area contributed by atoms with Crippen molar-refractivity contribution in [3.63, 3.8) is 0 Å². The van der Waals surface area contributed by atoms with Crippen molar-refractivity contribution in [3.05, 3.63) is 29.8 Å². The van der Waals surface area contributed by atoms with Gasteiger partial charge in [0.1, 0.15) is 12.4 Å². The minimum atomic E-state index is -0.0793. The third-order valence-electron chi connectivity index (χ3n) is 3.62. The van der Waals surface area contributed by atoms with E-state index in [-0.39, 0.29) is 6.03 Å². The summed E-state index contributed by atoms with van der Waals surface area (Å²) < 4.78 is 5.56. The Hall–Kier alpha value is -1.71. The lowest BCUT2D eigenvalue weighted by Gasteiger charge is -2.22. The van der Waals surface area contributed by atoms with E-state index in [1.807, 2.05) is 31.2 Å². The summed E-state index contributed by atoms with van der Waals surface area (Å²) in [6, 6.07) is 8.18. The molecule has 2 rings (SSSR count). The van der Waals surface area contributed by atoms with E-state index in [4.69, 9.17) is 4.74 Å². The smallest absolute Gasteiger partial charge is 0.315 e. The van der Waals surface area contributed by atoms with Crippen LogP contribution >= 0.6 is 0 Å². The van der Waals surface area contributed by atoms with Crippen LogP contribution in [0.25, 0.3) is 0 Å². The van der Waals surface area contributed by atoms with Crippen molar-refractivity contribution in [3.8, 4) is 5.75 Å². The van der Waals surface area contributed by atoms with Crippen LogP contribution in [0, 0.1) is 6.92 Å². The predicted octanol–water partition coefficient (Wildman–Crippen LogP) is 3.01. The Morgan fingerprint density at radius 1 is 1.20 bits per heavy atom. The number of hydrogen-bond donors (Lipinski definition) is 2. The molecule has 4 nitrogen and oxygen atoms in total. The molecule has 1 aromatic carbocycles. The quantitative estimate of drug-likeness (QED) is 0.812. The Morgan fingerprint density at radius 2 is 1.90 bits per heavy atom. The number of nitrogens with one attached hydrogen (secondary N) is 2. The van der Waals surface area contributed by atoms with E-state index in [0.29, 0.717) is 19.2 Å². The Labute approximate surface area is 120 Å². The van der Waals surface area contributed by atoms with Gasteiger partial charge in [-0.1, -0.05) is 37.0 Å². The lowest BCUT2D eigenvalue weighted by molar-refractivity contribution is 0.228. The van der Waals surface area contributed by atoms with Crippen LogP contribution in [-0.2, 0) is 0 Å². The van der Waals surface area contributed by atoms with Gasteiger partial charge in [-0.2, -0.15) is 0 Å². The number of carbonyl (C=O) groups excluding carboxylic acids is 1. The largest absolute Gasteiger partial charge is 0.492 e. The van der Waals surface area contributed by atoms with Gasteiger partial charge in [0.15, 0.2) is 0 Å². The summed E-state index contributed by atoms with van der Waals surface area (Å²) in [5.41, 5.74) is 1.21. The molecule has 20 heavy (non-hydrogen) atoms. The Bertz CT molecular complexity index is 411. The minimum Gasteiger partial charge on any atom is -0.492 e. The second kappa shape index (κ2) is 7.78. The van der Waals surface area contributed by atoms with Crippen LogP contribution in [0.1, 0.15) is 37.7 Å². The average molecular weight is 276 g/mol. The van der Waals surface area contributed by atoms with Crippen LogP contribution in [0.5, 0.6) is 5.75 Å². The lowest BCUT2D eigenvalue weighted by atomic mass is 9.96. The molecule has 0 saturated heterocycles. The topological polar surface area (TPSA) is 50.4 Å². The molecule has 110 valence electrons. The van der Waals surface area contributed by atoms with Crippen LogP contribution in [0.4, 0.5) is 4.79 Å². The van der Waals surface area contributed by atoms with Crippen LogP contribution in [-0.4, -0.2) is 25.2 Å². The number of aryl methyl sites for hydroxylation is 1. The van der Waals surface area contributed by atoms with Gasteiger partial charge in [-0.25, -0.2) is 4.79 Å². The highest BCUT2D eigenvalue weighted by atomic mass is 16.5. The van der Waals surface area contributed by atoms with Crippen LogP contribution in [0.2, 0.25) is 0 Å². The molecule has 4 heteroatoms. The van der Waals surface area contributed by atoms with Crippen molar-refractivity contribution >= 4 is 6.03 Å². The van der Waals surface area contributed by atoms with E-state index >= 15 is 0 Å². The fourth-order valence-corrected chi connectivity index (χ4v) is 2.45. The molecule has 1 aromatic rings.